The normalized spacial score (nSPS) is 14.6. The third kappa shape index (κ3) is 4.75. The molecule has 1 aliphatic rings. The SMILES string of the molecule is O=C(O)c1ccc(CNC(=O)N2CCCN(c3ccccc3F)CC2)cc1. The van der Waals surface area contributed by atoms with E-state index in [1.807, 2.05) is 11.0 Å². The highest BCUT2D eigenvalue weighted by Crippen LogP contribution is 2.20. The molecule has 2 aromatic carbocycles. The van der Waals surface area contributed by atoms with Gasteiger partial charge in [-0.15, -0.1) is 0 Å². The Morgan fingerprint density at radius 3 is 2.44 bits per heavy atom. The molecule has 1 aliphatic heterocycles. The van der Waals surface area contributed by atoms with Crippen molar-refractivity contribution in [2.24, 2.45) is 0 Å². The minimum atomic E-state index is -0.977. The maximum absolute atomic E-state index is 14.0. The highest BCUT2D eigenvalue weighted by atomic mass is 19.1. The fourth-order valence-corrected chi connectivity index (χ4v) is 3.12. The molecule has 3 rings (SSSR count). The number of aromatic carboxylic acids is 1. The number of para-hydroxylation sites is 1. The van der Waals surface area contributed by atoms with Gasteiger partial charge in [0.2, 0.25) is 0 Å². The minimum absolute atomic E-state index is 0.173. The number of anilines is 1. The Balaban J connectivity index is 1.53. The van der Waals surface area contributed by atoms with Gasteiger partial charge in [-0.05, 0) is 36.2 Å². The van der Waals surface area contributed by atoms with Crippen molar-refractivity contribution >= 4 is 17.7 Å². The molecule has 1 fully saturated rings. The van der Waals surface area contributed by atoms with Gasteiger partial charge in [0.05, 0.1) is 11.3 Å². The van der Waals surface area contributed by atoms with Gasteiger partial charge in [-0.2, -0.15) is 0 Å². The van der Waals surface area contributed by atoms with E-state index in [4.69, 9.17) is 5.11 Å². The zero-order chi connectivity index (χ0) is 19.2. The van der Waals surface area contributed by atoms with Crippen LogP contribution in [0.15, 0.2) is 48.5 Å². The molecule has 2 amide bonds. The first-order valence-corrected chi connectivity index (χ1v) is 8.89. The van der Waals surface area contributed by atoms with Gasteiger partial charge in [0.15, 0.2) is 0 Å². The summed E-state index contributed by atoms with van der Waals surface area (Å²) in [5.41, 5.74) is 1.61. The van der Waals surface area contributed by atoms with E-state index in [9.17, 15) is 14.0 Å². The summed E-state index contributed by atoms with van der Waals surface area (Å²) < 4.78 is 14.0. The summed E-state index contributed by atoms with van der Waals surface area (Å²) in [7, 11) is 0. The Bertz CT molecular complexity index is 810. The van der Waals surface area contributed by atoms with Crippen molar-refractivity contribution in [2.45, 2.75) is 13.0 Å². The predicted molar refractivity (Wildman–Crippen MR) is 100 cm³/mol. The highest BCUT2D eigenvalue weighted by Gasteiger charge is 2.20. The van der Waals surface area contributed by atoms with Crippen LogP contribution in [0.2, 0.25) is 0 Å². The van der Waals surface area contributed by atoms with Crippen molar-refractivity contribution in [3.63, 3.8) is 0 Å². The van der Waals surface area contributed by atoms with Crippen LogP contribution in [0.4, 0.5) is 14.9 Å². The van der Waals surface area contributed by atoms with E-state index < -0.39 is 5.97 Å². The molecule has 0 radical (unpaired) electrons. The molecule has 7 heteroatoms. The maximum Gasteiger partial charge on any atom is 0.335 e. The molecule has 1 heterocycles. The van der Waals surface area contributed by atoms with E-state index in [0.29, 0.717) is 38.4 Å². The maximum atomic E-state index is 14.0. The van der Waals surface area contributed by atoms with Crippen LogP contribution >= 0.6 is 0 Å². The first-order chi connectivity index (χ1) is 13.0. The number of carbonyl (C=O) groups is 2. The number of hydrogen-bond acceptors (Lipinski definition) is 3. The van der Waals surface area contributed by atoms with Crippen molar-refractivity contribution in [3.8, 4) is 0 Å². The number of carbonyl (C=O) groups excluding carboxylic acids is 1. The molecule has 142 valence electrons. The van der Waals surface area contributed by atoms with Crippen molar-refractivity contribution in [1.29, 1.82) is 0 Å². The molecule has 0 aliphatic carbocycles. The second-order valence-corrected chi connectivity index (χ2v) is 6.44. The van der Waals surface area contributed by atoms with Crippen LogP contribution in [0.3, 0.4) is 0 Å². The molecule has 27 heavy (non-hydrogen) atoms. The van der Waals surface area contributed by atoms with Crippen LogP contribution in [0, 0.1) is 5.82 Å². The van der Waals surface area contributed by atoms with Crippen LogP contribution in [0.5, 0.6) is 0 Å². The van der Waals surface area contributed by atoms with Crippen LogP contribution in [0.25, 0.3) is 0 Å². The molecule has 0 unspecified atom stereocenters. The molecule has 0 bridgehead atoms. The van der Waals surface area contributed by atoms with Crippen molar-refractivity contribution < 1.29 is 19.1 Å². The van der Waals surface area contributed by atoms with Crippen LogP contribution in [-0.2, 0) is 6.54 Å². The fraction of sp³-hybridized carbons (Fsp3) is 0.300. The molecule has 2 aromatic rings. The first kappa shape index (κ1) is 18.7. The zero-order valence-corrected chi connectivity index (χ0v) is 14.9. The average molecular weight is 371 g/mol. The summed E-state index contributed by atoms with van der Waals surface area (Å²) >= 11 is 0. The van der Waals surface area contributed by atoms with Crippen molar-refractivity contribution in [3.05, 3.63) is 65.5 Å². The van der Waals surface area contributed by atoms with Crippen LogP contribution in [-0.4, -0.2) is 48.2 Å². The number of urea groups is 1. The van der Waals surface area contributed by atoms with Crippen molar-refractivity contribution in [2.75, 3.05) is 31.1 Å². The molecule has 0 saturated carbocycles. The number of nitrogens with zero attached hydrogens (tertiary/aromatic N) is 2. The monoisotopic (exact) mass is 371 g/mol. The molecule has 2 N–H and O–H groups in total. The number of carboxylic acid groups (broad SMARTS) is 1. The standard InChI is InChI=1S/C20H22FN3O3/c21-17-4-1-2-5-18(17)23-10-3-11-24(13-12-23)20(27)22-14-15-6-8-16(9-7-15)19(25)26/h1-2,4-9H,3,10-14H2,(H,22,27)(H,25,26). The summed E-state index contributed by atoms with van der Waals surface area (Å²) in [4.78, 5) is 27.0. The number of rotatable bonds is 4. The Kier molecular flexibility index (Phi) is 5.90. The Labute approximate surface area is 157 Å². The number of nitrogens with one attached hydrogen (secondary N) is 1. The molecule has 6 nitrogen and oxygen atoms in total. The van der Waals surface area contributed by atoms with E-state index in [0.717, 1.165) is 12.0 Å². The van der Waals surface area contributed by atoms with E-state index in [1.165, 1.54) is 18.2 Å². The van der Waals surface area contributed by atoms with Gasteiger partial charge in [0.1, 0.15) is 5.82 Å². The number of carboxylic acids is 1. The van der Waals surface area contributed by atoms with Crippen LogP contribution < -0.4 is 10.2 Å². The molecular weight excluding hydrogens is 349 g/mol. The third-order valence-corrected chi connectivity index (χ3v) is 4.62. The lowest BCUT2D eigenvalue weighted by Gasteiger charge is -2.24. The first-order valence-electron chi connectivity index (χ1n) is 8.89. The van der Waals surface area contributed by atoms with Gasteiger partial charge < -0.3 is 20.2 Å². The lowest BCUT2D eigenvalue weighted by Crippen LogP contribution is -2.41. The topological polar surface area (TPSA) is 72.9 Å². The Morgan fingerprint density at radius 1 is 1.00 bits per heavy atom. The average Bonchev–Trinajstić information content (AvgIpc) is 2.93. The number of amides is 2. The van der Waals surface area contributed by atoms with E-state index in [1.54, 1.807) is 29.2 Å². The summed E-state index contributed by atoms with van der Waals surface area (Å²) in [6.45, 7) is 2.71. The lowest BCUT2D eigenvalue weighted by atomic mass is 10.1. The quantitative estimate of drug-likeness (QED) is 0.867. The minimum Gasteiger partial charge on any atom is -0.478 e. The predicted octanol–water partition coefficient (Wildman–Crippen LogP) is 2.95. The highest BCUT2D eigenvalue weighted by molar-refractivity contribution is 5.87. The zero-order valence-electron chi connectivity index (χ0n) is 14.9. The van der Waals surface area contributed by atoms with E-state index in [2.05, 4.69) is 5.32 Å². The second-order valence-electron chi connectivity index (χ2n) is 6.44. The largest absolute Gasteiger partial charge is 0.478 e. The second kappa shape index (κ2) is 8.53. The molecule has 0 aromatic heterocycles. The third-order valence-electron chi connectivity index (χ3n) is 4.62. The summed E-state index contributed by atoms with van der Waals surface area (Å²) in [6, 6.07) is 12.9. The fourth-order valence-electron chi connectivity index (χ4n) is 3.12. The Morgan fingerprint density at radius 2 is 1.74 bits per heavy atom. The molecule has 0 atom stereocenters. The van der Waals surface area contributed by atoms with Crippen molar-refractivity contribution in [1.82, 2.24) is 10.2 Å². The van der Waals surface area contributed by atoms with Gasteiger partial charge in [0.25, 0.3) is 0 Å². The summed E-state index contributed by atoms with van der Waals surface area (Å²) in [5, 5.41) is 11.8. The van der Waals surface area contributed by atoms with Gasteiger partial charge in [-0.25, -0.2) is 14.0 Å². The number of hydrogen-bond donors (Lipinski definition) is 2. The van der Waals surface area contributed by atoms with Gasteiger partial charge in [-0.3, -0.25) is 0 Å². The smallest absolute Gasteiger partial charge is 0.335 e. The van der Waals surface area contributed by atoms with E-state index >= 15 is 0 Å². The lowest BCUT2D eigenvalue weighted by molar-refractivity contribution is 0.0697. The molecule has 1 saturated heterocycles. The van der Waals surface area contributed by atoms with Gasteiger partial charge in [0, 0.05) is 32.7 Å². The summed E-state index contributed by atoms with van der Waals surface area (Å²) in [5.74, 6) is -1.23. The molecule has 0 spiro atoms. The number of benzene rings is 2. The Hall–Kier alpha value is -3.09. The van der Waals surface area contributed by atoms with E-state index in [-0.39, 0.29) is 17.4 Å². The molecular formula is C20H22FN3O3. The number of halogens is 1. The van der Waals surface area contributed by atoms with Gasteiger partial charge >= 0.3 is 12.0 Å². The van der Waals surface area contributed by atoms with Crippen LogP contribution in [0.1, 0.15) is 22.3 Å². The van der Waals surface area contributed by atoms with Gasteiger partial charge in [-0.1, -0.05) is 24.3 Å². The summed E-state index contributed by atoms with van der Waals surface area (Å²) in [6.07, 6.45) is 0.759.